The Morgan fingerprint density at radius 1 is 1.27 bits per heavy atom. The lowest BCUT2D eigenvalue weighted by Gasteiger charge is -2.12. The van der Waals surface area contributed by atoms with Crippen LogP contribution in [0, 0.1) is 0 Å². The fourth-order valence-corrected chi connectivity index (χ4v) is 2.62. The van der Waals surface area contributed by atoms with Crippen molar-refractivity contribution in [2.75, 3.05) is 5.32 Å². The van der Waals surface area contributed by atoms with Crippen LogP contribution in [0.1, 0.15) is 12.8 Å². The third-order valence-electron chi connectivity index (χ3n) is 2.59. The molecule has 0 fully saturated rings. The maximum Gasteiger partial charge on any atom is 0.147 e. The van der Waals surface area contributed by atoms with Crippen LogP contribution in [-0.2, 0) is 0 Å². The zero-order valence-corrected chi connectivity index (χ0v) is 9.00. The van der Waals surface area contributed by atoms with Crippen molar-refractivity contribution in [3.05, 3.63) is 29.9 Å². The van der Waals surface area contributed by atoms with E-state index in [1.807, 2.05) is 6.07 Å². The number of rotatable bonds is 2. The zero-order chi connectivity index (χ0) is 10.1. The summed E-state index contributed by atoms with van der Waals surface area (Å²) in [6.07, 6.45) is 8.24. The van der Waals surface area contributed by atoms with Crippen molar-refractivity contribution >= 4 is 27.4 Å². The van der Waals surface area contributed by atoms with Crippen LogP contribution in [0.5, 0.6) is 0 Å². The van der Waals surface area contributed by atoms with Gasteiger partial charge in [0.15, 0.2) is 0 Å². The third kappa shape index (κ3) is 1.61. The first kappa shape index (κ1) is 8.85. The number of aromatic nitrogens is 2. The quantitative estimate of drug-likeness (QED) is 0.786. The Morgan fingerprint density at radius 2 is 2.13 bits per heavy atom. The van der Waals surface area contributed by atoms with Crippen LogP contribution in [0.25, 0.3) is 10.2 Å². The summed E-state index contributed by atoms with van der Waals surface area (Å²) in [5.41, 5.74) is 1.03. The van der Waals surface area contributed by atoms with Gasteiger partial charge < -0.3 is 5.32 Å². The summed E-state index contributed by atoms with van der Waals surface area (Å²) in [4.78, 5) is 8.52. The summed E-state index contributed by atoms with van der Waals surface area (Å²) < 4.78 is 1.16. The van der Waals surface area contributed by atoms with E-state index in [2.05, 4.69) is 32.8 Å². The van der Waals surface area contributed by atoms with Crippen molar-refractivity contribution in [2.45, 2.75) is 18.9 Å². The predicted octanol–water partition coefficient (Wildman–Crippen LogP) is 2.82. The number of thiophene rings is 1. The highest BCUT2D eigenvalue weighted by Gasteiger charge is 2.12. The largest absolute Gasteiger partial charge is 0.365 e. The van der Waals surface area contributed by atoms with Gasteiger partial charge in [-0.1, -0.05) is 12.2 Å². The molecule has 76 valence electrons. The molecule has 0 saturated heterocycles. The fraction of sp³-hybridized carbons (Fsp3) is 0.273. The molecule has 0 aromatic carbocycles. The van der Waals surface area contributed by atoms with E-state index in [1.165, 1.54) is 0 Å². The molecule has 2 heterocycles. The van der Waals surface area contributed by atoms with Crippen molar-refractivity contribution in [2.24, 2.45) is 0 Å². The SMILES string of the molecule is C1=CCC(Nc2ncnc3ccsc23)C1. The number of hydrogen-bond acceptors (Lipinski definition) is 4. The summed E-state index contributed by atoms with van der Waals surface area (Å²) >= 11 is 1.69. The van der Waals surface area contributed by atoms with E-state index in [0.29, 0.717) is 6.04 Å². The molecule has 0 unspecified atom stereocenters. The Bertz CT molecular complexity index is 495. The van der Waals surface area contributed by atoms with Gasteiger partial charge in [0.25, 0.3) is 0 Å². The molecule has 15 heavy (non-hydrogen) atoms. The molecule has 0 atom stereocenters. The second-order valence-electron chi connectivity index (χ2n) is 3.64. The lowest BCUT2D eigenvalue weighted by atomic mass is 10.2. The molecule has 3 rings (SSSR count). The molecule has 4 heteroatoms. The summed E-state index contributed by atoms with van der Waals surface area (Å²) in [5, 5.41) is 5.52. The molecular weight excluding hydrogens is 206 g/mol. The minimum absolute atomic E-state index is 0.505. The monoisotopic (exact) mass is 217 g/mol. The zero-order valence-electron chi connectivity index (χ0n) is 8.18. The van der Waals surface area contributed by atoms with Gasteiger partial charge in [-0.05, 0) is 24.3 Å². The molecule has 3 nitrogen and oxygen atoms in total. The number of fused-ring (bicyclic) bond motifs is 1. The molecule has 1 aliphatic rings. The van der Waals surface area contributed by atoms with E-state index in [9.17, 15) is 0 Å². The average Bonchev–Trinajstić information content (AvgIpc) is 2.87. The topological polar surface area (TPSA) is 37.8 Å². The smallest absolute Gasteiger partial charge is 0.147 e. The van der Waals surface area contributed by atoms with Gasteiger partial charge in [0.1, 0.15) is 12.1 Å². The van der Waals surface area contributed by atoms with Gasteiger partial charge in [-0.25, -0.2) is 9.97 Å². The fourth-order valence-electron chi connectivity index (χ4n) is 1.82. The van der Waals surface area contributed by atoms with Crippen molar-refractivity contribution in [1.29, 1.82) is 0 Å². The maximum absolute atomic E-state index is 4.30. The van der Waals surface area contributed by atoms with Crippen LogP contribution in [0.4, 0.5) is 5.82 Å². The molecule has 2 aromatic heterocycles. The Hall–Kier alpha value is -1.42. The third-order valence-corrected chi connectivity index (χ3v) is 3.50. The van der Waals surface area contributed by atoms with E-state index in [1.54, 1.807) is 17.7 Å². The van der Waals surface area contributed by atoms with Crippen LogP contribution < -0.4 is 5.32 Å². The second-order valence-corrected chi connectivity index (χ2v) is 4.56. The number of hydrogen-bond donors (Lipinski definition) is 1. The normalized spacial score (nSPS) is 16.3. The van der Waals surface area contributed by atoms with Gasteiger partial charge in [-0.3, -0.25) is 0 Å². The lowest BCUT2D eigenvalue weighted by Crippen LogP contribution is -2.15. The van der Waals surface area contributed by atoms with Crippen molar-refractivity contribution in [3.63, 3.8) is 0 Å². The average molecular weight is 217 g/mol. The Balaban J connectivity index is 1.92. The van der Waals surface area contributed by atoms with Gasteiger partial charge >= 0.3 is 0 Å². The molecular formula is C11H11N3S. The number of nitrogens with one attached hydrogen (secondary N) is 1. The van der Waals surface area contributed by atoms with Crippen molar-refractivity contribution in [3.8, 4) is 0 Å². The molecule has 0 spiro atoms. The van der Waals surface area contributed by atoms with E-state index in [4.69, 9.17) is 0 Å². The Labute approximate surface area is 91.9 Å². The highest BCUT2D eigenvalue weighted by Crippen LogP contribution is 2.26. The van der Waals surface area contributed by atoms with Crippen LogP contribution in [-0.4, -0.2) is 16.0 Å². The first-order valence-electron chi connectivity index (χ1n) is 5.03. The van der Waals surface area contributed by atoms with Gasteiger partial charge in [0.05, 0.1) is 10.2 Å². The van der Waals surface area contributed by atoms with Crippen LogP contribution in [0.15, 0.2) is 29.9 Å². The van der Waals surface area contributed by atoms with Crippen LogP contribution in [0.2, 0.25) is 0 Å². The van der Waals surface area contributed by atoms with Crippen LogP contribution >= 0.6 is 11.3 Å². The molecule has 0 saturated carbocycles. The molecule has 0 bridgehead atoms. The van der Waals surface area contributed by atoms with Gasteiger partial charge in [0.2, 0.25) is 0 Å². The highest BCUT2D eigenvalue weighted by atomic mass is 32.1. The maximum atomic E-state index is 4.30. The molecule has 2 aromatic rings. The second kappa shape index (κ2) is 3.62. The predicted molar refractivity (Wildman–Crippen MR) is 63.2 cm³/mol. The summed E-state index contributed by atoms with van der Waals surface area (Å²) in [5.74, 6) is 0.976. The first-order chi connectivity index (χ1) is 7.43. The van der Waals surface area contributed by atoms with E-state index < -0.39 is 0 Å². The Kier molecular flexibility index (Phi) is 2.14. The van der Waals surface area contributed by atoms with Gasteiger partial charge in [-0.2, -0.15) is 0 Å². The lowest BCUT2D eigenvalue weighted by molar-refractivity contribution is 0.782. The molecule has 1 aliphatic carbocycles. The van der Waals surface area contributed by atoms with Gasteiger partial charge in [-0.15, -0.1) is 11.3 Å². The first-order valence-corrected chi connectivity index (χ1v) is 5.91. The number of nitrogens with zero attached hydrogens (tertiary/aromatic N) is 2. The summed E-state index contributed by atoms with van der Waals surface area (Å²) in [7, 11) is 0. The molecule has 1 N–H and O–H groups in total. The standard InChI is InChI=1S/C11H11N3S/c1-2-4-8(3-1)14-11-10-9(5-6-15-10)12-7-13-11/h1-2,5-8H,3-4H2,(H,12,13,14). The molecule has 0 amide bonds. The van der Waals surface area contributed by atoms with Gasteiger partial charge in [0, 0.05) is 6.04 Å². The van der Waals surface area contributed by atoms with Crippen LogP contribution in [0.3, 0.4) is 0 Å². The molecule has 0 aliphatic heterocycles. The Morgan fingerprint density at radius 3 is 3.00 bits per heavy atom. The summed E-state index contributed by atoms with van der Waals surface area (Å²) in [6.45, 7) is 0. The van der Waals surface area contributed by atoms with E-state index >= 15 is 0 Å². The summed E-state index contributed by atoms with van der Waals surface area (Å²) in [6, 6.07) is 2.53. The number of anilines is 1. The highest BCUT2D eigenvalue weighted by molar-refractivity contribution is 7.17. The molecule has 0 radical (unpaired) electrons. The minimum Gasteiger partial charge on any atom is -0.365 e. The van der Waals surface area contributed by atoms with Crippen molar-refractivity contribution < 1.29 is 0 Å². The minimum atomic E-state index is 0.505. The van der Waals surface area contributed by atoms with E-state index in [0.717, 1.165) is 28.9 Å². The van der Waals surface area contributed by atoms with E-state index in [-0.39, 0.29) is 0 Å². The van der Waals surface area contributed by atoms with Crippen molar-refractivity contribution in [1.82, 2.24) is 9.97 Å².